The number of nitrogens with two attached hydrogens (primary N) is 1. The first-order valence-corrected chi connectivity index (χ1v) is 7.10. The predicted octanol–water partition coefficient (Wildman–Crippen LogP) is 3.42. The van der Waals surface area contributed by atoms with Gasteiger partial charge in [0.15, 0.2) is 0 Å². The Bertz CT molecular complexity index is 444. The van der Waals surface area contributed by atoms with E-state index in [1.807, 2.05) is 0 Å². The first-order valence-electron chi connectivity index (χ1n) is 7.10. The summed E-state index contributed by atoms with van der Waals surface area (Å²) >= 11 is 0. The molecule has 0 saturated heterocycles. The van der Waals surface area contributed by atoms with Crippen LogP contribution in [0.15, 0.2) is 18.2 Å². The molecule has 21 heavy (non-hydrogen) atoms. The molecular formula is C17H30ClNO2. The third-order valence-electron chi connectivity index (χ3n) is 3.79. The number of rotatable bonds is 7. The van der Waals surface area contributed by atoms with Crippen molar-refractivity contribution in [3.8, 4) is 0 Å². The van der Waals surface area contributed by atoms with E-state index in [2.05, 4.69) is 45.9 Å². The molecule has 0 heterocycles. The van der Waals surface area contributed by atoms with Gasteiger partial charge in [0.2, 0.25) is 0 Å². The van der Waals surface area contributed by atoms with Crippen LogP contribution in [0.4, 0.5) is 0 Å². The van der Waals surface area contributed by atoms with Gasteiger partial charge in [0.25, 0.3) is 0 Å². The number of hydrogen-bond acceptors (Lipinski definition) is 3. The van der Waals surface area contributed by atoms with Gasteiger partial charge in [-0.15, -0.1) is 12.4 Å². The van der Waals surface area contributed by atoms with Crippen molar-refractivity contribution in [2.24, 2.45) is 5.73 Å². The Labute approximate surface area is 135 Å². The first kappa shape index (κ1) is 20.4. The predicted molar refractivity (Wildman–Crippen MR) is 91.4 cm³/mol. The van der Waals surface area contributed by atoms with Gasteiger partial charge in [-0.2, -0.15) is 0 Å². The molecule has 1 aromatic rings. The fourth-order valence-corrected chi connectivity index (χ4v) is 2.75. The van der Waals surface area contributed by atoms with Crippen molar-refractivity contribution in [2.75, 3.05) is 27.4 Å². The fraction of sp³-hybridized carbons (Fsp3) is 0.647. The first-order chi connectivity index (χ1) is 9.28. The van der Waals surface area contributed by atoms with E-state index in [1.54, 1.807) is 14.2 Å². The summed E-state index contributed by atoms with van der Waals surface area (Å²) in [5, 5.41) is 0. The molecule has 122 valence electrons. The highest BCUT2D eigenvalue weighted by atomic mass is 35.5. The molecule has 0 aliphatic rings. The lowest BCUT2D eigenvalue weighted by molar-refractivity contribution is 0.136. The van der Waals surface area contributed by atoms with E-state index >= 15 is 0 Å². The quantitative estimate of drug-likeness (QED) is 0.838. The van der Waals surface area contributed by atoms with E-state index in [4.69, 9.17) is 15.2 Å². The van der Waals surface area contributed by atoms with Gasteiger partial charge >= 0.3 is 0 Å². The average Bonchev–Trinajstić information content (AvgIpc) is 2.38. The summed E-state index contributed by atoms with van der Waals surface area (Å²) in [5.74, 6) is 0. The van der Waals surface area contributed by atoms with Crippen molar-refractivity contribution < 1.29 is 9.47 Å². The largest absolute Gasteiger partial charge is 0.384 e. The van der Waals surface area contributed by atoms with E-state index in [1.165, 1.54) is 11.1 Å². The van der Waals surface area contributed by atoms with Crippen LogP contribution < -0.4 is 5.73 Å². The minimum Gasteiger partial charge on any atom is -0.384 e. The van der Waals surface area contributed by atoms with Crippen molar-refractivity contribution in [1.29, 1.82) is 0 Å². The van der Waals surface area contributed by atoms with Crippen LogP contribution in [0.2, 0.25) is 0 Å². The van der Waals surface area contributed by atoms with Crippen molar-refractivity contribution in [2.45, 2.75) is 45.1 Å². The topological polar surface area (TPSA) is 44.5 Å². The van der Waals surface area contributed by atoms with Crippen LogP contribution in [0.3, 0.4) is 0 Å². The lowest BCUT2D eigenvalue weighted by Crippen LogP contribution is -2.32. The molecule has 0 fully saturated rings. The highest BCUT2D eigenvalue weighted by Crippen LogP contribution is 2.35. The molecule has 1 aromatic carbocycles. The van der Waals surface area contributed by atoms with E-state index in [0.29, 0.717) is 19.8 Å². The summed E-state index contributed by atoms with van der Waals surface area (Å²) in [5.41, 5.74) is 9.46. The van der Waals surface area contributed by atoms with E-state index in [-0.39, 0.29) is 23.2 Å². The number of halogens is 1. The Hall–Kier alpha value is -0.610. The van der Waals surface area contributed by atoms with Crippen molar-refractivity contribution in [3.63, 3.8) is 0 Å². The minimum atomic E-state index is -0.0553. The Morgan fingerprint density at radius 1 is 0.905 bits per heavy atom. The number of methoxy groups -OCH3 is 2. The van der Waals surface area contributed by atoms with Crippen LogP contribution in [-0.2, 0) is 26.8 Å². The zero-order valence-electron chi connectivity index (χ0n) is 14.2. The molecule has 0 aliphatic heterocycles. The normalized spacial score (nSPS) is 12.1. The molecule has 0 saturated carbocycles. The maximum atomic E-state index is 5.80. The summed E-state index contributed by atoms with van der Waals surface area (Å²) in [6.45, 7) is 10.8. The zero-order valence-corrected chi connectivity index (χ0v) is 15.0. The average molecular weight is 316 g/mol. The van der Waals surface area contributed by atoms with Crippen molar-refractivity contribution >= 4 is 12.4 Å². The lowest BCUT2D eigenvalue weighted by atomic mass is 9.73. The molecule has 0 aromatic heterocycles. The SMILES string of the molecule is COCC(C)(C)c1ccc(CN)cc1C(C)(C)COC.Cl. The summed E-state index contributed by atoms with van der Waals surface area (Å²) < 4.78 is 10.8. The third kappa shape index (κ3) is 4.96. The van der Waals surface area contributed by atoms with E-state index in [9.17, 15) is 0 Å². The maximum absolute atomic E-state index is 5.80. The van der Waals surface area contributed by atoms with Crippen LogP contribution >= 0.6 is 12.4 Å². The molecule has 0 radical (unpaired) electrons. The highest BCUT2D eigenvalue weighted by Gasteiger charge is 2.31. The smallest absolute Gasteiger partial charge is 0.0553 e. The monoisotopic (exact) mass is 315 g/mol. The Kier molecular flexibility index (Phi) is 7.90. The van der Waals surface area contributed by atoms with Gasteiger partial charge in [-0.25, -0.2) is 0 Å². The molecule has 0 unspecified atom stereocenters. The summed E-state index contributed by atoms with van der Waals surface area (Å²) in [4.78, 5) is 0. The second kappa shape index (κ2) is 8.14. The standard InChI is InChI=1S/C17H29NO2.ClH/c1-16(2,11-19-5)14-8-7-13(10-18)9-15(14)17(3,4)12-20-6;/h7-9H,10-12,18H2,1-6H3;1H. The van der Waals surface area contributed by atoms with Crippen LogP contribution in [0.5, 0.6) is 0 Å². The molecule has 1 rings (SSSR count). The molecule has 0 atom stereocenters. The zero-order chi connectivity index (χ0) is 15.4. The van der Waals surface area contributed by atoms with Crippen LogP contribution in [-0.4, -0.2) is 27.4 Å². The highest BCUT2D eigenvalue weighted by molar-refractivity contribution is 5.85. The van der Waals surface area contributed by atoms with Gasteiger partial charge < -0.3 is 15.2 Å². The van der Waals surface area contributed by atoms with Gasteiger partial charge in [0.1, 0.15) is 0 Å². The Morgan fingerprint density at radius 3 is 1.81 bits per heavy atom. The second-order valence-electron chi connectivity index (χ2n) is 6.72. The molecular weight excluding hydrogens is 286 g/mol. The van der Waals surface area contributed by atoms with Crippen LogP contribution in [0.25, 0.3) is 0 Å². The third-order valence-corrected chi connectivity index (χ3v) is 3.79. The minimum absolute atomic E-state index is 0. The molecule has 4 heteroatoms. The Morgan fingerprint density at radius 2 is 1.38 bits per heavy atom. The number of ether oxygens (including phenoxy) is 2. The van der Waals surface area contributed by atoms with E-state index in [0.717, 1.165) is 5.56 Å². The lowest BCUT2D eigenvalue weighted by Gasteiger charge is -2.34. The van der Waals surface area contributed by atoms with Crippen LogP contribution in [0, 0.1) is 0 Å². The van der Waals surface area contributed by atoms with Crippen molar-refractivity contribution in [1.82, 2.24) is 0 Å². The number of hydrogen-bond donors (Lipinski definition) is 1. The second-order valence-corrected chi connectivity index (χ2v) is 6.72. The summed E-state index contributed by atoms with van der Waals surface area (Å²) in [6, 6.07) is 6.51. The van der Waals surface area contributed by atoms with Gasteiger partial charge in [-0.05, 0) is 16.7 Å². The maximum Gasteiger partial charge on any atom is 0.0553 e. The van der Waals surface area contributed by atoms with Gasteiger partial charge in [-0.3, -0.25) is 0 Å². The molecule has 0 aliphatic carbocycles. The van der Waals surface area contributed by atoms with Crippen LogP contribution in [0.1, 0.15) is 44.4 Å². The molecule has 3 nitrogen and oxygen atoms in total. The summed E-state index contributed by atoms with van der Waals surface area (Å²) in [6.07, 6.45) is 0. The fourth-order valence-electron chi connectivity index (χ4n) is 2.75. The van der Waals surface area contributed by atoms with Gasteiger partial charge in [0, 0.05) is 31.6 Å². The van der Waals surface area contributed by atoms with E-state index < -0.39 is 0 Å². The summed E-state index contributed by atoms with van der Waals surface area (Å²) in [7, 11) is 3.49. The number of benzene rings is 1. The molecule has 0 spiro atoms. The van der Waals surface area contributed by atoms with Gasteiger partial charge in [0.05, 0.1) is 13.2 Å². The van der Waals surface area contributed by atoms with Gasteiger partial charge in [-0.1, -0.05) is 45.9 Å². The molecule has 0 bridgehead atoms. The molecule has 0 amide bonds. The Balaban J connectivity index is 0.00000400. The van der Waals surface area contributed by atoms with Crippen molar-refractivity contribution in [3.05, 3.63) is 34.9 Å². The molecule has 2 N–H and O–H groups in total.